The maximum absolute atomic E-state index is 9.64. The normalized spacial score (nSPS) is 15.2. The van der Waals surface area contributed by atoms with Gasteiger partial charge in [-0.25, -0.2) is 9.67 Å². The van der Waals surface area contributed by atoms with Gasteiger partial charge in [0.2, 0.25) is 5.95 Å². The number of benzene rings is 1. The lowest BCUT2D eigenvalue weighted by Crippen LogP contribution is -2.24. The molecule has 3 aromatic heterocycles. The van der Waals surface area contributed by atoms with Crippen molar-refractivity contribution in [3.63, 3.8) is 0 Å². The van der Waals surface area contributed by atoms with Gasteiger partial charge in [0.15, 0.2) is 17.0 Å². The smallest absolute Gasteiger partial charge is 0.227 e. The van der Waals surface area contributed by atoms with Crippen molar-refractivity contribution < 1.29 is 5.11 Å². The van der Waals surface area contributed by atoms with Crippen molar-refractivity contribution in [1.29, 1.82) is 0 Å². The van der Waals surface area contributed by atoms with Gasteiger partial charge >= 0.3 is 0 Å². The predicted molar refractivity (Wildman–Crippen MR) is 129 cm³/mol. The van der Waals surface area contributed by atoms with E-state index in [1.165, 1.54) is 12.8 Å². The van der Waals surface area contributed by atoms with Crippen molar-refractivity contribution in [2.75, 3.05) is 17.2 Å². The lowest BCUT2D eigenvalue weighted by molar-refractivity contribution is 0.271. The fraction of sp³-hybridized carbons (Fsp3) is 0.417. The summed E-state index contributed by atoms with van der Waals surface area (Å²) >= 11 is 0. The number of aliphatic hydroxyl groups is 1. The topological polar surface area (TPSA) is 106 Å². The zero-order valence-corrected chi connectivity index (χ0v) is 18.9. The summed E-state index contributed by atoms with van der Waals surface area (Å²) < 4.78 is 4.03. The van der Waals surface area contributed by atoms with Gasteiger partial charge in [0.25, 0.3) is 0 Å². The van der Waals surface area contributed by atoms with Crippen LogP contribution in [-0.2, 0) is 6.54 Å². The summed E-state index contributed by atoms with van der Waals surface area (Å²) in [5, 5.41) is 20.7. The number of fused-ring (bicyclic) bond motifs is 1. The molecule has 0 radical (unpaired) electrons. The maximum Gasteiger partial charge on any atom is 0.227 e. The highest BCUT2D eigenvalue weighted by Crippen LogP contribution is 2.33. The molecule has 1 aromatic carbocycles. The second kappa shape index (κ2) is 9.58. The Kier molecular flexibility index (Phi) is 6.21. The van der Waals surface area contributed by atoms with Gasteiger partial charge in [0.1, 0.15) is 0 Å². The highest BCUT2D eigenvalue weighted by Gasteiger charge is 2.22. The van der Waals surface area contributed by atoms with Crippen LogP contribution >= 0.6 is 0 Å². The SMILES string of the molecule is CC[C@H](CO)Nc1nc(NCc2ccc(-n3cccn3)cc2)c2ncn(C3CCCC3)c2n1. The minimum Gasteiger partial charge on any atom is -0.394 e. The molecule has 0 saturated heterocycles. The Morgan fingerprint density at radius 3 is 2.67 bits per heavy atom. The molecule has 3 heterocycles. The molecule has 9 heteroatoms. The van der Waals surface area contributed by atoms with E-state index in [0.717, 1.165) is 41.7 Å². The number of hydrogen-bond donors (Lipinski definition) is 3. The van der Waals surface area contributed by atoms with Gasteiger partial charge in [-0.3, -0.25) is 0 Å². The van der Waals surface area contributed by atoms with E-state index < -0.39 is 0 Å². The highest BCUT2D eigenvalue weighted by molar-refractivity contribution is 5.84. The number of nitrogens with zero attached hydrogens (tertiary/aromatic N) is 6. The van der Waals surface area contributed by atoms with Crippen LogP contribution in [0.3, 0.4) is 0 Å². The Balaban J connectivity index is 1.41. The number of aliphatic hydroxyl groups excluding tert-OH is 1. The number of nitrogens with one attached hydrogen (secondary N) is 2. The summed E-state index contributed by atoms with van der Waals surface area (Å²) in [7, 11) is 0. The molecule has 1 aliphatic carbocycles. The molecule has 5 rings (SSSR count). The Morgan fingerprint density at radius 1 is 1.15 bits per heavy atom. The lowest BCUT2D eigenvalue weighted by atomic mass is 10.2. The lowest BCUT2D eigenvalue weighted by Gasteiger charge is -2.17. The molecule has 172 valence electrons. The third kappa shape index (κ3) is 4.54. The zero-order chi connectivity index (χ0) is 22.6. The van der Waals surface area contributed by atoms with Crippen LogP contribution in [0.5, 0.6) is 0 Å². The Labute approximate surface area is 192 Å². The number of rotatable bonds is 9. The van der Waals surface area contributed by atoms with Crippen LogP contribution in [0.2, 0.25) is 0 Å². The van der Waals surface area contributed by atoms with Crippen molar-refractivity contribution in [2.24, 2.45) is 0 Å². The monoisotopic (exact) mass is 446 g/mol. The van der Waals surface area contributed by atoms with Gasteiger partial charge in [-0.15, -0.1) is 0 Å². The largest absolute Gasteiger partial charge is 0.394 e. The number of anilines is 2. The van der Waals surface area contributed by atoms with E-state index >= 15 is 0 Å². The molecule has 1 saturated carbocycles. The van der Waals surface area contributed by atoms with Gasteiger partial charge in [-0.2, -0.15) is 15.1 Å². The molecule has 4 aromatic rings. The van der Waals surface area contributed by atoms with Crippen LogP contribution in [0.25, 0.3) is 16.9 Å². The summed E-state index contributed by atoms with van der Waals surface area (Å²) in [4.78, 5) is 14.2. The molecule has 9 nitrogen and oxygen atoms in total. The molecule has 1 aliphatic rings. The molecule has 0 amide bonds. The minimum atomic E-state index is -0.0898. The summed E-state index contributed by atoms with van der Waals surface area (Å²) in [5.74, 6) is 1.21. The number of hydrogen-bond acceptors (Lipinski definition) is 7. The molecule has 0 bridgehead atoms. The highest BCUT2D eigenvalue weighted by atomic mass is 16.3. The van der Waals surface area contributed by atoms with Crippen molar-refractivity contribution in [3.8, 4) is 5.69 Å². The van der Waals surface area contributed by atoms with E-state index in [9.17, 15) is 5.11 Å². The third-order valence-corrected chi connectivity index (χ3v) is 6.35. The van der Waals surface area contributed by atoms with Crippen LogP contribution in [0.15, 0.2) is 49.1 Å². The van der Waals surface area contributed by atoms with Crippen LogP contribution < -0.4 is 10.6 Å². The molecular weight excluding hydrogens is 416 g/mol. The maximum atomic E-state index is 9.64. The summed E-state index contributed by atoms with van der Waals surface area (Å²) in [6.07, 6.45) is 11.2. The molecule has 3 N–H and O–H groups in total. The quantitative estimate of drug-likeness (QED) is 0.358. The number of aromatic nitrogens is 6. The molecule has 1 fully saturated rings. The van der Waals surface area contributed by atoms with Gasteiger partial charge < -0.3 is 20.3 Å². The first kappa shape index (κ1) is 21.4. The first-order valence-electron chi connectivity index (χ1n) is 11.7. The fourth-order valence-corrected chi connectivity index (χ4v) is 4.39. The summed E-state index contributed by atoms with van der Waals surface area (Å²) in [5.41, 5.74) is 3.76. The minimum absolute atomic E-state index is 0.0329. The van der Waals surface area contributed by atoms with Crippen LogP contribution in [0.1, 0.15) is 50.6 Å². The standard InChI is InChI=1S/C24H30N8O/c1-2-18(15-33)28-24-29-22(21-23(30-24)31(16-26-21)19-6-3-4-7-19)25-14-17-8-10-20(11-9-17)32-13-5-12-27-32/h5,8-13,16,18-19,33H,2-4,6-7,14-15H2,1H3,(H2,25,28,29,30)/t18-/m1/s1. The second-order valence-electron chi connectivity index (χ2n) is 8.56. The predicted octanol–water partition coefficient (Wildman–Crippen LogP) is 3.92. The van der Waals surface area contributed by atoms with Crippen LogP contribution in [0.4, 0.5) is 11.8 Å². The molecule has 0 aliphatic heterocycles. The average Bonchev–Trinajstić information content (AvgIpc) is 3.62. The van der Waals surface area contributed by atoms with Crippen molar-refractivity contribution in [2.45, 2.75) is 57.7 Å². The van der Waals surface area contributed by atoms with Crippen molar-refractivity contribution in [3.05, 3.63) is 54.6 Å². The molecule has 33 heavy (non-hydrogen) atoms. The second-order valence-corrected chi connectivity index (χ2v) is 8.56. The van der Waals surface area contributed by atoms with Gasteiger partial charge in [-0.1, -0.05) is 31.9 Å². The van der Waals surface area contributed by atoms with Gasteiger partial charge in [0, 0.05) is 25.0 Å². The van der Waals surface area contributed by atoms with E-state index in [0.29, 0.717) is 24.4 Å². The van der Waals surface area contributed by atoms with Gasteiger partial charge in [0.05, 0.1) is 24.7 Å². The van der Waals surface area contributed by atoms with E-state index in [2.05, 4.69) is 49.5 Å². The third-order valence-electron chi connectivity index (χ3n) is 6.35. The summed E-state index contributed by atoms with van der Waals surface area (Å²) in [6.45, 7) is 2.67. The first-order chi connectivity index (χ1) is 16.2. The van der Waals surface area contributed by atoms with E-state index in [-0.39, 0.29) is 12.6 Å². The fourth-order valence-electron chi connectivity index (χ4n) is 4.39. The average molecular weight is 447 g/mol. The van der Waals surface area contributed by atoms with Crippen molar-refractivity contribution >= 4 is 22.9 Å². The Morgan fingerprint density at radius 2 is 1.97 bits per heavy atom. The van der Waals surface area contributed by atoms with E-state index in [4.69, 9.17) is 9.97 Å². The van der Waals surface area contributed by atoms with Gasteiger partial charge in [-0.05, 0) is 43.0 Å². The van der Waals surface area contributed by atoms with E-state index in [1.807, 2.05) is 30.2 Å². The molecule has 0 unspecified atom stereocenters. The summed E-state index contributed by atoms with van der Waals surface area (Å²) in [6, 6.07) is 10.5. The Hall–Kier alpha value is -3.46. The Bertz CT molecular complexity index is 1180. The molecule has 0 spiro atoms. The molecular formula is C24H30N8O. The number of imidazole rings is 1. The van der Waals surface area contributed by atoms with Crippen LogP contribution in [0, 0.1) is 0 Å². The molecule has 1 atom stereocenters. The van der Waals surface area contributed by atoms with Crippen LogP contribution in [-0.4, -0.2) is 47.1 Å². The van der Waals surface area contributed by atoms with E-state index in [1.54, 1.807) is 6.20 Å². The zero-order valence-electron chi connectivity index (χ0n) is 18.9. The first-order valence-corrected chi connectivity index (χ1v) is 11.7. The van der Waals surface area contributed by atoms with Crippen molar-refractivity contribution in [1.82, 2.24) is 29.3 Å².